The van der Waals surface area contributed by atoms with Crippen LogP contribution in [0.3, 0.4) is 0 Å². The van der Waals surface area contributed by atoms with E-state index in [1.807, 2.05) is 0 Å². The largest absolute Gasteiger partial charge is 0.376 e. The fraction of sp³-hybridized carbons (Fsp3) is 0.706. The van der Waals surface area contributed by atoms with Gasteiger partial charge in [0.25, 0.3) is 0 Å². The third kappa shape index (κ3) is 5.31. The van der Waals surface area contributed by atoms with E-state index in [0.717, 1.165) is 39.3 Å². The van der Waals surface area contributed by atoms with Gasteiger partial charge in [-0.15, -0.1) is 35.3 Å². The van der Waals surface area contributed by atoms with Crippen molar-refractivity contribution in [1.29, 1.82) is 0 Å². The predicted molar refractivity (Wildman–Crippen MR) is 111 cm³/mol. The number of hydrogen-bond acceptors (Lipinski definition) is 4. The third-order valence-electron chi connectivity index (χ3n) is 4.69. The lowest BCUT2D eigenvalue weighted by Crippen LogP contribution is -2.45. The van der Waals surface area contributed by atoms with Gasteiger partial charge in [0.2, 0.25) is 0 Å². The number of morpholine rings is 1. The molecule has 1 aromatic heterocycles. The van der Waals surface area contributed by atoms with Crippen LogP contribution in [-0.4, -0.2) is 61.2 Å². The molecule has 0 aliphatic carbocycles. The molecule has 1 aromatic rings. The monoisotopic (exact) mass is 464 g/mol. The van der Waals surface area contributed by atoms with Gasteiger partial charge in [0.1, 0.15) is 0 Å². The van der Waals surface area contributed by atoms with Crippen LogP contribution in [-0.2, 0) is 4.74 Å². The molecule has 0 amide bonds. The van der Waals surface area contributed by atoms with E-state index < -0.39 is 0 Å². The molecule has 5 nitrogen and oxygen atoms in total. The third-order valence-corrected chi connectivity index (χ3v) is 5.66. The summed E-state index contributed by atoms with van der Waals surface area (Å²) in [5.41, 5.74) is 6.24. The van der Waals surface area contributed by atoms with Gasteiger partial charge >= 0.3 is 0 Å². The van der Waals surface area contributed by atoms with Crippen molar-refractivity contribution in [2.75, 3.05) is 39.3 Å². The van der Waals surface area contributed by atoms with Crippen LogP contribution in [0.2, 0.25) is 0 Å². The quantitative estimate of drug-likeness (QED) is 0.423. The highest BCUT2D eigenvalue weighted by Gasteiger charge is 2.26. The highest BCUT2D eigenvalue weighted by molar-refractivity contribution is 14.0. The molecule has 2 saturated heterocycles. The molecule has 0 radical (unpaired) electrons. The molecule has 24 heavy (non-hydrogen) atoms. The average molecular weight is 464 g/mol. The molecule has 0 saturated carbocycles. The summed E-state index contributed by atoms with van der Waals surface area (Å²) in [5.74, 6) is 0.715. The topological polar surface area (TPSA) is 54.1 Å². The number of piperidine rings is 1. The molecule has 0 bridgehead atoms. The normalized spacial score (nSPS) is 24.5. The number of likely N-dealkylation sites (tertiary alicyclic amines) is 1. The molecule has 2 N–H and O–H groups in total. The van der Waals surface area contributed by atoms with Crippen molar-refractivity contribution in [3.63, 3.8) is 0 Å². The summed E-state index contributed by atoms with van der Waals surface area (Å²) >= 11 is 1.81. The summed E-state index contributed by atoms with van der Waals surface area (Å²) < 4.78 is 5.69. The number of ether oxygens (including phenoxy) is 1. The fourth-order valence-corrected chi connectivity index (χ4v) is 4.25. The van der Waals surface area contributed by atoms with Gasteiger partial charge in [-0.2, -0.15) is 0 Å². The van der Waals surface area contributed by atoms with Crippen LogP contribution in [0, 0.1) is 0 Å². The Bertz CT molecular complexity index is 505. The van der Waals surface area contributed by atoms with E-state index in [1.165, 1.54) is 24.1 Å². The molecule has 0 aromatic carbocycles. The van der Waals surface area contributed by atoms with E-state index in [9.17, 15) is 0 Å². The highest BCUT2D eigenvalue weighted by atomic mass is 127. The van der Waals surface area contributed by atoms with Crippen molar-refractivity contribution in [3.05, 3.63) is 22.4 Å². The first-order valence-corrected chi connectivity index (χ1v) is 9.56. The SMILES string of the molecule is CC1CN(C(CN=C(N)N2CCCCC2)c2cccs2)CCO1.I. The number of guanidine groups is 1. The van der Waals surface area contributed by atoms with E-state index in [-0.39, 0.29) is 30.1 Å². The van der Waals surface area contributed by atoms with Crippen molar-refractivity contribution in [2.24, 2.45) is 10.7 Å². The van der Waals surface area contributed by atoms with Crippen LogP contribution in [0.1, 0.15) is 37.1 Å². The van der Waals surface area contributed by atoms with Crippen molar-refractivity contribution in [3.8, 4) is 0 Å². The van der Waals surface area contributed by atoms with E-state index in [0.29, 0.717) is 12.0 Å². The molecule has 2 aliphatic rings. The van der Waals surface area contributed by atoms with Crippen LogP contribution >= 0.6 is 35.3 Å². The minimum atomic E-state index is 0. The molecule has 7 heteroatoms. The van der Waals surface area contributed by atoms with Gasteiger partial charge in [-0.25, -0.2) is 0 Å². The van der Waals surface area contributed by atoms with Gasteiger partial charge in [-0.1, -0.05) is 6.07 Å². The minimum Gasteiger partial charge on any atom is -0.376 e. The highest BCUT2D eigenvalue weighted by Crippen LogP contribution is 2.27. The van der Waals surface area contributed by atoms with E-state index in [1.54, 1.807) is 11.3 Å². The maximum Gasteiger partial charge on any atom is 0.191 e. The second kappa shape index (κ2) is 9.94. The van der Waals surface area contributed by atoms with Gasteiger partial charge in [0.05, 0.1) is 25.3 Å². The second-order valence-electron chi connectivity index (χ2n) is 6.45. The van der Waals surface area contributed by atoms with Crippen molar-refractivity contribution < 1.29 is 4.74 Å². The van der Waals surface area contributed by atoms with Crippen LogP contribution in [0.5, 0.6) is 0 Å². The Balaban J connectivity index is 0.00000208. The molecular weight excluding hydrogens is 435 g/mol. The average Bonchev–Trinajstić information content (AvgIpc) is 3.10. The van der Waals surface area contributed by atoms with Crippen LogP contribution in [0.4, 0.5) is 0 Å². The van der Waals surface area contributed by atoms with Crippen LogP contribution in [0.25, 0.3) is 0 Å². The fourth-order valence-electron chi connectivity index (χ4n) is 3.40. The number of aliphatic imine (C=N–C) groups is 1. The van der Waals surface area contributed by atoms with Gasteiger partial charge in [0, 0.05) is 31.1 Å². The summed E-state index contributed by atoms with van der Waals surface area (Å²) in [7, 11) is 0. The summed E-state index contributed by atoms with van der Waals surface area (Å²) in [6.45, 7) is 7.70. The lowest BCUT2D eigenvalue weighted by molar-refractivity contribution is -0.0327. The minimum absolute atomic E-state index is 0. The first-order valence-electron chi connectivity index (χ1n) is 8.68. The van der Waals surface area contributed by atoms with Crippen molar-refractivity contribution >= 4 is 41.3 Å². The predicted octanol–water partition coefficient (Wildman–Crippen LogP) is 2.93. The number of thiophene rings is 1. The molecule has 136 valence electrons. The summed E-state index contributed by atoms with van der Waals surface area (Å²) in [4.78, 5) is 10.8. The molecular formula is C17H29IN4OS. The maximum absolute atomic E-state index is 6.24. The van der Waals surface area contributed by atoms with Crippen molar-refractivity contribution in [2.45, 2.75) is 38.3 Å². The van der Waals surface area contributed by atoms with Crippen LogP contribution < -0.4 is 5.73 Å². The molecule has 3 rings (SSSR count). The van der Waals surface area contributed by atoms with Gasteiger partial charge < -0.3 is 15.4 Å². The first kappa shape index (κ1) is 19.9. The van der Waals surface area contributed by atoms with Gasteiger partial charge in [-0.05, 0) is 37.6 Å². The summed E-state index contributed by atoms with van der Waals surface area (Å²) in [6.07, 6.45) is 4.05. The van der Waals surface area contributed by atoms with Gasteiger partial charge in [0.15, 0.2) is 5.96 Å². The summed E-state index contributed by atoms with van der Waals surface area (Å²) in [6, 6.07) is 4.64. The number of halogens is 1. The van der Waals surface area contributed by atoms with E-state index >= 15 is 0 Å². The Morgan fingerprint density at radius 1 is 1.38 bits per heavy atom. The van der Waals surface area contributed by atoms with Crippen LogP contribution in [0.15, 0.2) is 22.5 Å². The Kier molecular flexibility index (Phi) is 8.25. The van der Waals surface area contributed by atoms with Crippen molar-refractivity contribution in [1.82, 2.24) is 9.80 Å². The van der Waals surface area contributed by atoms with E-state index in [2.05, 4.69) is 34.2 Å². The smallest absolute Gasteiger partial charge is 0.191 e. The Morgan fingerprint density at radius 3 is 2.83 bits per heavy atom. The lowest BCUT2D eigenvalue weighted by Gasteiger charge is -2.36. The number of hydrogen-bond donors (Lipinski definition) is 1. The second-order valence-corrected chi connectivity index (χ2v) is 7.43. The Labute approximate surface area is 166 Å². The zero-order valence-corrected chi connectivity index (χ0v) is 17.5. The van der Waals surface area contributed by atoms with E-state index in [4.69, 9.17) is 15.5 Å². The molecule has 2 fully saturated rings. The maximum atomic E-state index is 6.24. The van der Waals surface area contributed by atoms with Gasteiger partial charge in [-0.3, -0.25) is 9.89 Å². The number of nitrogens with zero attached hydrogens (tertiary/aromatic N) is 3. The number of rotatable bonds is 4. The zero-order chi connectivity index (χ0) is 16.1. The molecule has 0 spiro atoms. The zero-order valence-electron chi connectivity index (χ0n) is 14.4. The standard InChI is InChI=1S/C17H28N4OS.HI/c1-14-13-21(9-10-22-14)15(16-6-5-11-23-16)12-19-17(18)20-7-3-2-4-8-20;/h5-6,11,14-15H,2-4,7-10,12-13H2,1H3,(H2,18,19);1H. The first-order chi connectivity index (χ1) is 11.2. The molecule has 3 heterocycles. The molecule has 2 atom stereocenters. The molecule has 2 aliphatic heterocycles. The number of nitrogens with two attached hydrogens (primary N) is 1. The summed E-state index contributed by atoms with van der Waals surface area (Å²) in [5, 5.41) is 2.14. The Morgan fingerprint density at radius 2 is 2.17 bits per heavy atom. The Hall–Kier alpha value is -0.380. The molecule has 2 unspecified atom stereocenters. The lowest BCUT2D eigenvalue weighted by atomic mass is 10.1.